The van der Waals surface area contributed by atoms with E-state index in [-0.39, 0.29) is 13.2 Å². The molecule has 0 radical (unpaired) electrons. The van der Waals surface area contributed by atoms with Crippen LogP contribution in [0, 0.1) is 0 Å². The monoisotopic (exact) mass is 422 g/mol. The lowest BCUT2D eigenvalue weighted by molar-refractivity contribution is -0.139. The van der Waals surface area contributed by atoms with Crippen LogP contribution < -0.4 is 0 Å². The molecule has 0 aliphatic carbocycles. The standard InChI is InChI=1S/2C4H7BrO2.C4H10O2/c2*1-4(2,5)3(6)7;5-3-1-2-4-6/h2*1-2H3,(H,6,7);5-6H,1-4H2. The Labute approximate surface area is 136 Å². The molecule has 0 saturated heterocycles. The van der Waals surface area contributed by atoms with Crippen LogP contribution in [0.1, 0.15) is 40.5 Å². The summed E-state index contributed by atoms with van der Waals surface area (Å²) in [7, 11) is 0. The molecule has 4 N–H and O–H groups in total. The zero-order chi connectivity index (χ0) is 17.0. The van der Waals surface area contributed by atoms with Crippen molar-refractivity contribution in [3.05, 3.63) is 0 Å². The number of hydrogen-bond acceptors (Lipinski definition) is 4. The third-order valence-corrected chi connectivity index (χ3v) is 2.26. The molecule has 0 bridgehead atoms. The normalized spacial score (nSPS) is 10.6. The summed E-state index contributed by atoms with van der Waals surface area (Å²) in [5.74, 6) is -1.68. The van der Waals surface area contributed by atoms with Crippen LogP contribution in [0.25, 0.3) is 0 Å². The van der Waals surface area contributed by atoms with Crippen molar-refractivity contribution in [1.82, 2.24) is 0 Å². The Morgan fingerprint density at radius 2 is 0.950 bits per heavy atom. The summed E-state index contributed by atoms with van der Waals surface area (Å²) >= 11 is 5.89. The highest BCUT2D eigenvalue weighted by Crippen LogP contribution is 2.14. The van der Waals surface area contributed by atoms with Crippen LogP contribution in [0.15, 0.2) is 0 Å². The van der Waals surface area contributed by atoms with E-state index >= 15 is 0 Å². The molecule has 0 aromatic carbocycles. The number of alkyl halides is 2. The molecule has 0 unspecified atom stereocenters. The molecule has 6 nitrogen and oxygen atoms in total. The molecule has 20 heavy (non-hydrogen) atoms. The van der Waals surface area contributed by atoms with Gasteiger partial charge in [0.1, 0.15) is 8.65 Å². The van der Waals surface area contributed by atoms with Crippen molar-refractivity contribution in [3.63, 3.8) is 0 Å². The molecule has 0 heterocycles. The van der Waals surface area contributed by atoms with E-state index in [0.717, 1.165) is 12.8 Å². The van der Waals surface area contributed by atoms with E-state index in [0.29, 0.717) is 0 Å². The largest absolute Gasteiger partial charge is 0.480 e. The van der Waals surface area contributed by atoms with E-state index in [1.165, 1.54) is 0 Å². The summed E-state index contributed by atoms with van der Waals surface area (Å²) in [4.78, 5) is 19.9. The summed E-state index contributed by atoms with van der Waals surface area (Å²) in [5, 5.41) is 32.6. The van der Waals surface area contributed by atoms with Crippen LogP contribution in [0.5, 0.6) is 0 Å². The third-order valence-electron chi connectivity index (χ3n) is 1.58. The highest BCUT2D eigenvalue weighted by atomic mass is 79.9. The second-order valence-electron chi connectivity index (χ2n) is 4.71. The fourth-order valence-corrected chi connectivity index (χ4v) is 0.224. The van der Waals surface area contributed by atoms with Gasteiger partial charge in [-0.25, -0.2) is 0 Å². The Morgan fingerprint density at radius 1 is 0.800 bits per heavy atom. The van der Waals surface area contributed by atoms with Gasteiger partial charge in [-0.1, -0.05) is 31.9 Å². The van der Waals surface area contributed by atoms with Crippen molar-refractivity contribution in [2.45, 2.75) is 49.2 Å². The van der Waals surface area contributed by atoms with Gasteiger partial charge in [0.2, 0.25) is 0 Å². The first-order valence-corrected chi connectivity index (χ1v) is 7.45. The molecule has 0 aromatic heterocycles. The molecule has 0 atom stereocenters. The molecule has 0 aliphatic heterocycles. The number of unbranched alkanes of at least 4 members (excludes halogenated alkanes) is 1. The smallest absolute Gasteiger partial charge is 0.319 e. The van der Waals surface area contributed by atoms with Crippen molar-refractivity contribution in [2.75, 3.05) is 13.2 Å². The lowest BCUT2D eigenvalue weighted by Crippen LogP contribution is -2.22. The Morgan fingerprint density at radius 3 is 1.00 bits per heavy atom. The summed E-state index contributed by atoms with van der Waals surface area (Å²) in [6.45, 7) is 6.70. The number of hydrogen-bond donors (Lipinski definition) is 4. The first-order chi connectivity index (χ1) is 8.80. The molecule has 8 heteroatoms. The molecular weight excluding hydrogens is 400 g/mol. The van der Waals surface area contributed by atoms with Crippen LogP contribution in [0.4, 0.5) is 0 Å². The first kappa shape index (κ1) is 24.8. The Hall–Kier alpha value is -0.180. The lowest BCUT2D eigenvalue weighted by atomic mass is 10.2. The van der Waals surface area contributed by atoms with Gasteiger partial charge in [0.05, 0.1) is 0 Å². The number of carboxylic acids is 2. The summed E-state index contributed by atoms with van der Waals surface area (Å²) in [6.07, 6.45) is 1.44. The second-order valence-corrected chi connectivity index (χ2v) is 8.67. The number of aliphatic hydroxyl groups is 2. The molecule has 0 amide bonds. The van der Waals surface area contributed by atoms with E-state index in [1.54, 1.807) is 27.7 Å². The maximum atomic E-state index is 9.97. The molecule has 0 fully saturated rings. The maximum absolute atomic E-state index is 9.97. The molecule has 0 rings (SSSR count). The Kier molecular flexibility index (Phi) is 15.6. The van der Waals surface area contributed by atoms with Gasteiger partial charge in [-0.2, -0.15) is 0 Å². The summed E-state index contributed by atoms with van der Waals surface area (Å²) in [5.41, 5.74) is 0. The van der Waals surface area contributed by atoms with Gasteiger partial charge in [0, 0.05) is 13.2 Å². The minimum atomic E-state index is -0.840. The predicted molar refractivity (Wildman–Crippen MR) is 84.7 cm³/mol. The van der Waals surface area contributed by atoms with E-state index in [1.807, 2.05) is 0 Å². The Bertz CT molecular complexity index is 240. The van der Waals surface area contributed by atoms with E-state index in [9.17, 15) is 9.59 Å². The number of carboxylic acid groups (broad SMARTS) is 2. The summed E-state index contributed by atoms with van der Waals surface area (Å²) in [6, 6.07) is 0. The fourth-order valence-electron chi connectivity index (χ4n) is 0.224. The third kappa shape index (κ3) is 23.0. The number of rotatable bonds is 5. The van der Waals surface area contributed by atoms with E-state index < -0.39 is 20.6 Å². The van der Waals surface area contributed by atoms with Gasteiger partial charge in [-0.3, -0.25) is 9.59 Å². The maximum Gasteiger partial charge on any atom is 0.319 e. The zero-order valence-corrected chi connectivity index (χ0v) is 15.4. The molecule has 0 aliphatic rings. The van der Waals surface area contributed by atoms with Crippen molar-refractivity contribution in [3.8, 4) is 0 Å². The second kappa shape index (κ2) is 12.6. The van der Waals surface area contributed by atoms with E-state index in [2.05, 4.69) is 31.9 Å². The van der Waals surface area contributed by atoms with Gasteiger partial charge >= 0.3 is 11.9 Å². The lowest BCUT2D eigenvalue weighted by Gasteiger charge is -2.06. The minimum Gasteiger partial charge on any atom is -0.480 e. The number of aliphatic carboxylic acids is 2. The Balaban J connectivity index is -0.000000218. The van der Waals surface area contributed by atoms with Crippen molar-refractivity contribution in [2.24, 2.45) is 0 Å². The van der Waals surface area contributed by atoms with Crippen molar-refractivity contribution >= 4 is 43.8 Å². The topological polar surface area (TPSA) is 115 Å². The van der Waals surface area contributed by atoms with Crippen molar-refractivity contribution < 1.29 is 30.0 Å². The van der Waals surface area contributed by atoms with Gasteiger partial charge in [0.25, 0.3) is 0 Å². The van der Waals surface area contributed by atoms with Gasteiger partial charge in [0.15, 0.2) is 0 Å². The molecule has 0 aromatic rings. The van der Waals surface area contributed by atoms with Crippen LogP contribution >= 0.6 is 31.9 Å². The average Bonchev–Trinajstić information content (AvgIpc) is 2.25. The zero-order valence-electron chi connectivity index (χ0n) is 12.2. The van der Waals surface area contributed by atoms with E-state index in [4.69, 9.17) is 20.4 Å². The van der Waals surface area contributed by atoms with Crippen LogP contribution in [0.3, 0.4) is 0 Å². The summed E-state index contributed by atoms with van der Waals surface area (Å²) < 4.78 is -1.54. The predicted octanol–water partition coefficient (Wildman–Crippen LogP) is 2.24. The highest BCUT2D eigenvalue weighted by Gasteiger charge is 2.22. The minimum absolute atomic E-state index is 0.195. The van der Waals surface area contributed by atoms with Crippen LogP contribution in [-0.2, 0) is 9.59 Å². The molecule has 0 spiro atoms. The first-order valence-electron chi connectivity index (χ1n) is 5.87. The molecular formula is C12H24Br2O6. The molecule has 122 valence electrons. The number of halogens is 2. The number of aliphatic hydroxyl groups excluding tert-OH is 2. The van der Waals surface area contributed by atoms with Gasteiger partial charge in [-0.15, -0.1) is 0 Å². The SMILES string of the molecule is CC(C)(Br)C(=O)O.CC(C)(Br)C(=O)O.OCCCCO. The van der Waals surface area contributed by atoms with Crippen molar-refractivity contribution in [1.29, 1.82) is 0 Å². The van der Waals surface area contributed by atoms with Crippen LogP contribution in [-0.4, -0.2) is 54.2 Å². The average molecular weight is 424 g/mol. The molecule has 0 saturated carbocycles. The van der Waals surface area contributed by atoms with Gasteiger partial charge < -0.3 is 20.4 Å². The fraction of sp³-hybridized carbons (Fsp3) is 0.833. The number of carbonyl (C=O) groups is 2. The quantitative estimate of drug-likeness (QED) is 0.398. The highest BCUT2D eigenvalue weighted by molar-refractivity contribution is 9.10. The van der Waals surface area contributed by atoms with Crippen LogP contribution in [0.2, 0.25) is 0 Å². The van der Waals surface area contributed by atoms with Gasteiger partial charge in [-0.05, 0) is 40.5 Å².